The second-order valence-electron chi connectivity index (χ2n) is 5.87. The van der Waals surface area contributed by atoms with Gasteiger partial charge in [0, 0.05) is 5.56 Å². The Morgan fingerprint density at radius 2 is 2.11 bits per heavy atom. The molecular formula is C16H23FO2. The van der Waals surface area contributed by atoms with E-state index in [4.69, 9.17) is 4.74 Å². The highest BCUT2D eigenvalue weighted by Crippen LogP contribution is 2.47. The Morgan fingerprint density at radius 3 is 2.74 bits per heavy atom. The maximum atomic E-state index is 13.6. The van der Waals surface area contributed by atoms with Gasteiger partial charge < -0.3 is 9.84 Å². The average molecular weight is 266 g/mol. The fraction of sp³-hybridized carbons (Fsp3) is 0.625. The van der Waals surface area contributed by atoms with Crippen molar-refractivity contribution in [3.05, 3.63) is 29.6 Å². The van der Waals surface area contributed by atoms with Crippen LogP contribution in [0, 0.1) is 17.7 Å². The molecule has 0 amide bonds. The predicted octanol–water partition coefficient (Wildman–Crippen LogP) is 3.87. The lowest BCUT2D eigenvalue weighted by Gasteiger charge is -2.43. The molecule has 0 aromatic heterocycles. The lowest BCUT2D eigenvalue weighted by Crippen LogP contribution is -2.41. The molecule has 0 heterocycles. The molecule has 3 heteroatoms. The van der Waals surface area contributed by atoms with Crippen LogP contribution in [0.4, 0.5) is 4.39 Å². The third kappa shape index (κ3) is 2.62. The van der Waals surface area contributed by atoms with Gasteiger partial charge in [-0.1, -0.05) is 26.7 Å². The predicted molar refractivity (Wildman–Crippen MR) is 73.6 cm³/mol. The third-order valence-electron chi connectivity index (χ3n) is 4.37. The minimum atomic E-state index is -0.972. The van der Waals surface area contributed by atoms with E-state index in [0.29, 0.717) is 23.7 Å². The van der Waals surface area contributed by atoms with Crippen LogP contribution >= 0.6 is 0 Å². The molecule has 0 spiro atoms. The Morgan fingerprint density at radius 1 is 1.37 bits per heavy atom. The summed E-state index contributed by atoms with van der Waals surface area (Å²) in [5, 5.41) is 11.2. The summed E-state index contributed by atoms with van der Waals surface area (Å²) in [5.41, 5.74) is -0.367. The Kier molecular flexibility index (Phi) is 4.14. The standard InChI is InChI=1S/C16H23FO2/c1-11(2)13-6-4-5-9-16(13,18)14-10-12(17)7-8-15(14)19-3/h7-8,10-11,13,18H,4-6,9H2,1-3H3. The average Bonchev–Trinajstić information content (AvgIpc) is 2.38. The summed E-state index contributed by atoms with van der Waals surface area (Å²) in [6.07, 6.45) is 3.76. The molecule has 19 heavy (non-hydrogen) atoms. The molecule has 0 aliphatic heterocycles. The molecule has 106 valence electrons. The molecule has 1 N–H and O–H groups in total. The van der Waals surface area contributed by atoms with Gasteiger partial charge in [0.05, 0.1) is 12.7 Å². The maximum absolute atomic E-state index is 13.6. The Bertz CT molecular complexity index is 444. The van der Waals surface area contributed by atoms with Crippen LogP contribution in [0.1, 0.15) is 45.1 Å². The zero-order valence-corrected chi connectivity index (χ0v) is 11.9. The second kappa shape index (κ2) is 5.49. The Hall–Kier alpha value is -1.09. The number of benzene rings is 1. The van der Waals surface area contributed by atoms with Crippen molar-refractivity contribution in [2.45, 2.75) is 45.1 Å². The van der Waals surface area contributed by atoms with Crippen molar-refractivity contribution in [2.24, 2.45) is 11.8 Å². The van der Waals surface area contributed by atoms with Crippen LogP contribution in [0.15, 0.2) is 18.2 Å². The van der Waals surface area contributed by atoms with E-state index in [1.807, 2.05) is 0 Å². The van der Waals surface area contributed by atoms with Crippen LogP contribution in [0.5, 0.6) is 5.75 Å². The molecule has 2 atom stereocenters. The van der Waals surface area contributed by atoms with E-state index in [9.17, 15) is 9.50 Å². The van der Waals surface area contributed by atoms with Crippen LogP contribution in [0.2, 0.25) is 0 Å². The summed E-state index contributed by atoms with van der Waals surface area (Å²) < 4.78 is 18.9. The minimum Gasteiger partial charge on any atom is -0.496 e. The maximum Gasteiger partial charge on any atom is 0.125 e. The van der Waals surface area contributed by atoms with Gasteiger partial charge in [0.25, 0.3) is 0 Å². The van der Waals surface area contributed by atoms with Crippen molar-refractivity contribution in [3.63, 3.8) is 0 Å². The van der Waals surface area contributed by atoms with Gasteiger partial charge in [-0.3, -0.25) is 0 Å². The molecule has 1 aliphatic carbocycles. The van der Waals surface area contributed by atoms with Crippen molar-refractivity contribution in [1.82, 2.24) is 0 Å². The normalized spacial score (nSPS) is 27.6. The number of hydrogen-bond donors (Lipinski definition) is 1. The lowest BCUT2D eigenvalue weighted by molar-refractivity contribution is -0.0736. The van der Waals surface area contributed by atoms with Crippen LogP contribution in [-0.2, 0) is 5.60 Å². The number of methoxy groups -OCH3 is 1. The van der Waals surface area contributed by atoms with Crippen molar-refractivity contribution in [2.75, 3.05) is 7.11 Å². The zero-order chi connectivity index (χ0) is 14.0. The van der Waals surface area contributed by atoms with E-state index in [2.05, 4.69) is 13.8 Å². The lowest BCUT2D eigenvalue weighted by atomic mass is 9.67. The van der Waals surface area contributed by atoms with Crippen LogP contribution in [0.25, 0.3) is 0 Å². The molecule has 0 radical (unpaired) electrons. The SMILES string of the molecule is COc1ccc(F)cc1C1(O)CCCCC1C(C)C. The van der Waals surface area contributed by atoms with Crippen LogP contribution in [-0.4, -0.2) is 12.2 Å². The second-order valence-corrected chi connectivity index (χ2v) is 5.87. The monoisotopic (exact) mass is 266 g/mol. The molecule has 0 saturated heterocycles. The van der Waals surface area contributed by atoms with Crippen molar-refractivity contribution >= 4 is 0 Å². The van der Waals surface area contributed by atoms with E-state index < -0.39 is 5.60 Å². The summed E-state index contributed by atoms with van der Waals surface area (Å²) in [5.74, 6) is 0.768. The summed E-state index contributed by atoms with van der Waals surface area (Å²) in [4.78, 5) is 0. The first-order valence-corrected chi connectivity index (χ1v) is 7.05. The summed E-state index contributed by atoms with van der Waals surface area (Å²) in [6.45, 7) is 4.24. The van der Waals surface area contributed by atoms with Gasteiger partial charge in [-0.15, -0.1) is 0 Å². The number of rotatable bonds is 3. The molecule has 1 aliphatic rings. The first-order chi connectivity index (χ1) is 8.99. The van der Waals surface area contributed by atoms with Gasteiger partial charge in [0.2, 0.25) is 0 Å². The molecule has 1 fully saturated rings. The van der Waals surface area contributed by atoms with E-state index in [1.165, 1.54) is 12.1 Å². The van der Waals surface area contributed by atoms with Crippen LogP contribution < -0.4 is 4.74 Å². The molecule has 1 aromatic rings. The van der Waals surface area contributed by atoms with Crippen molar-refractivity contribution < 1.29 is 14.2 Å². The van der Waals surface area contributed by atoms with E-state index in [-0.39, 0.29) is 11.7 Å². The highest BCUT2D eigenvalue weighted by atomic mass is 19.1. The molecule has 2 rings (SSSR count). The molecule has 2 nitrogen and oxygen atoms in total. The van der Waals surface area contributed by atoms with Gasteiger partial charge in [-0.05, 0) is 42.9 Å². The first-order valence-electron chi connectivity index (χ1n) is 7.05. The number of halogens is 1. The third-order valence-corrected chi connectivity index (χ3v) is 4.37. The highest BCUT2D eigenvalue weighted by molar-refractivity contribution is 5.39. The van der Waals surface area contributed by atoms with E-state index >= 15 is 0 Å². The summed E-state index contributed by atoms with van der Waals surface area (Å²) in [7, 11) is 1.56. The zero-order valence-electron chi connectivity index (χ0n) is 11.9. The van der Waals surface area contributed by atoms with Gasteiger partial charge in [-0.25, -0.2) is 4.39 Å². The van der Waals surface area contributed by atoms with Crippen LogP contribution in [0.3, 0.4) is 0 Å². The highest BCUT2D eigenvalue weighted by Gasteiger charge is 2.43. The molecule has 2 unspecified atom stereocenters. The van der Waals surface area contributed by atoms with E-state index in [1.54, 1.807) is 13.2 Å². The largest absolute Gasteiger partial charge is 0.496 e. The van der Waals surface area contributed by atoms with Gasteiger partial charge in [-0.2, -0.15) is 0 Å². The molecule has 0 bridgehead atoms. The Balaban J connectivity index is 2.49. The van der Waals surface area contributed by atoms with E-state index in [0.717, 1.165) is 19.3 Å². The van der Waals surface area contributed by atoms with Gasteiger partial charge in [0.15, 0.2) is 0 Å². The smallest absolute Gasteiger partial charge is 0.125 e. The van der Waals surface area contributed by atoms with Crippen molar-refractivity contribution in [1.29, 1.82) is 0 Å². The van der Waals surface area contributed by atoms with Gasteiger partial charge in [0.1, 0.15) is 11.6 Å². The molecule has 1 saturated carbocycles. The molecule has 1 aromatic carbocycles. The fourth-order valence-corrected chi connectivity index (χ4v) is 3.42. The fourth-order valence-electron chi connectivity index (χ4n) is 3.42. The van der Waals surface area contributed by atoms with Crippen molar-refractivity contribution in [3.8, 4) is 5.75 Å². The van der Waals surface area contributed by atoms with Gasteiger partial charge >= 0.3 is 0 Å². The summed E-state index contributed by atoms with van der Waals surface area (Å²) in [6, 6.07) is 4.41. The Labute approximate surface area is 114 Å². The quantitative estimate of drug-likeness (QED) is 0.900. The number of ether oxygens (including phenoxy) is 1. The number of hydrogen-bond acceptors (Lipinski definition) is 2. The summed E-state index contributed by atoms with van der Waals surface area (Å²) >= 11 is 0. The first kappa shape index (κ1) is 14.3. The number of aliphatic hydroxyl groups is 1. The minimum absolute atomic E-state index is 0.150. The topological polar surface area (TPSA) is 29.5 Å². The molecular weight excluding hydrogens is 243 g/mol.